The SMILES string of the molecule is CC(C)c1cnc(-c2ccc([Si](C)(C)c3ccccc3)cc2)cc1C(C)C. The Balaban J connectivity index is 1.95. The van der Waals surface area contributed by atoms with Gasteiger partial charge in [-0.25, -0.2) is 0 Å². The highest BCUT2D eigenvalue weighted by molar-refractivity contribution is 7.00. The van der Waals surface area contributed by atoms with Crippen LogP contribution in [0.4, 0.5) is 0 Å². The van der Waals surface area contributed by atoms with Gasteiger partial charge in [-0.1, -0.05) is 106 Å². The Kier molecular flexibility index (Phi) is 5.66. The lowest BCUT2D eigenvalue weighted by atomic mass is 9.91. The molecule has 3 aromatic rings. The Morgan fingerprint density at radius 1 is 0.704 bits per heavy atom. The molecular weight excluding hydrogens is 342 g/mol. The quantitative estimate of drug-likeness (QED) is 0.514. The Morgan fingerprint density at radius 2 is 1.26 bits per heavy atom. The smallest absolute Gasteiger partial charge is 0.112 e. The molecule has 0 amide bonds. The van der Waals surface area contributed by atoms with E-state index >= 15 is 0 Å². The topological polar surface area (TPSA) is 12.9 Å². The van der Waals surface area contributed by atoms with E-state index in [1.165, 1.54) is 27.1 Å². The summed E-state index contributed by atoms with van der Waals surface area (Å²) in [6, 6.07) is 22.3. The van der Waals surface area contributed by atoms with Gasteiger partial charge >= 0.3 is 0 Å². The van der Waals surface area contributed by atoms with E-state index in [0.29, 0.717) is 11.8 Å². The van der Waals surface area contributed by atoms with Crippen molar-refractivity contribution in [3.8, 4) is 11.3 Å². The van der Waals surface area contributed by atoms with Gasteiger partial charge in [0.15, 0.2) is 0 Å². The molecule has 0 fully saturated rings. The summed E-state index contributed by atoms with van der Waals surface area (Å²) in [7, 11) is -1.65. The van der Waals surface area contributed by atoms with Crippen molar-refractivity contribution in [2.75, 3.05) is 0 Å². The van der Waals surface area contributed by atoms with E-state index in [1.54, 1.807) is 0 Å². The highest BCUT2D eigenvalue weighted by Gasteiger charge is 2.25. The van der Waals surface area contributed by atoms with Crippen LogP contribution in [0.5, 0.6) is 0 Å². The summed E-state index contributed by atoms with van der Waals surface area (Å²) in [5.41, 5.74) is 5.06. The Labute approximate surface area is 165 Å². The molecule has 0 saturated carbocycles. The second-order valence-corrected chi connectivity index (χ2v) is 13.0. The van der Waals surface area contributed by atoms with Gasteiger partial charge in [0.1, 0.15) is 8.07 Å². The molecule has 0 aliphatic carbocycles. The number of hydrogen-bond acceptors (Lipinski definition) is 1. The summed E-state index contributed by atoms with van der Waals surface area (Å²) >= 11 is 0. The maximum Gasteiger partial charge on any atom is 0.112 e. The molecule has 0 N–H and O–H groups in total. The van der Waals surface area contributed by atoms with E-state index in [-0.39, 0.29) is 0 Å². The van der Waals surface area contributed by atoms with Gasteiger partial charge in [0, 0.05) is 11.8 Å². The van der Waals surface area contributed by atoms with E-state index in [0.717, 1.165) is 5.69 Å². The third-order valence-corrected chi connectivity index (χ3v) is 9.16. The molecule has 3 rings (SSSR count). The summed E-state index contributed by atoms with van der Waals surface area (Å²) in [6.07, 6.45) is 2.08. The summed E-state index contributed by atoms with van der Waals surface area (Å²) < 4.78 is 0. The number of hydrogen-bond donors (Lipinski definition) is 0. The van der Waals surface area contributed by atoms with Crippen molar-refractivity contribution in [3.05, 3.63) is 78.0 Å². The highest BCUT2D eigenvalue weighted by atomic mass is 28.3. The van der Waals surface area contributed by atoms with Crippen LogP contribution in [-0.2, 0) is 0 Å². The van der Waals surface area contributed by atoms with Gasteiger partial charge in [-0.3, -0.25) is 4.98 Å². The highest BCUT2D eigenvalue weighted by Crippen LogP contribution is 2.29. The number of rotatable bonds is 5. The van der Waals surface area contributed by atoms with Crippen molar-refractivity contribution in [1.82, 2.24) is 4.98 Å². The first-order valence-electron chi connectivity index (χ1n) is 9.97. The lowest BCUT2D eigenvalue weighted by Gasteiger charge is -2.24. The fourth-order valence-electron chi connectivity index (χ4n) is 3.70. The maximum atomic E-state index is 4.77. The monoisotopic (exact) mass is 373 g/mol. The van der Waals surface area contributed by atoms with Gasteiger partial charge in [-0.05, 0) is 29.0 Å². The van der Waals surface area contributed by atoms with Crippen molar-refractivity contribution in [2.45, 2.75) is 52.6 Å². The fourth-order valence-corrected chi connectivity index (χ4v) is 6.06. The molecule has 0 radical (unpaired) electrons. The fraction of sp³-hybridized carbons (Fsp3) is 0.320. The zero-order chi connectivity index (χ0) is 19.6. The van der Waals surface area contributed by atoms with Crippen LogP contribution in [0, 0.1) is 0 Å². The lowest BCUT2D eigenvalue weighted by molar-refractivity contribution is 0.783. The maximum absolute atomic E-state index is 4.77. The van der Waals surface area contributed by atoms with Crippen LogP contribution in [0.15, 0.2) is 66.9 Å². The second-order valence-electron chi connectivity index (χ2n) is 8.58. The molecule has 0 unspecified atom stereocenters. The van der Waals surface area contributed by atoms with Crippen molar-refractivity contribution in [3.63, 3.8) is 0 Å². The Bertz CT molecular complexity index is 893. The van der Waals surface area contributed by atoms with Crippen LogP contribution in [0.25, 0.3) is 11.3 Å². The predicted octanol–water partition coefficient (Wildman–Crippen LogP) is 5.82. The van der Waals surface area contributed by atoms with Crippen molar-refractivity contribution in [2.24, 2.45) is 0 Å². The van der Waals surface area contributed by atoms with Gasteiger partial charge in [-0.2, -0.15) is 0 Å². The second kappa shape index (κ2) is 7.81. The molecule has 1 aromatic heterocycles. The average Bonchev–Trinajstić information content (AvgIpc) is 2.68. The molecule has 2 aromatic carbocycles. The van der Waals surface area contributed by atoms with Crippen LogP contribution in [0.1, 0.15) is 50.7 Å². The number of pyridine rings is 1. The molecule has 0 atom stereocenters. The van der Waals surface area contributed by atoms with Gasteiger partial charge < -0.3 is 0 Å². The number of aromatic nitrogens is 1. The van der Waals surface area contributed by atoms with E-state index < -0.39 is 8.07 Å². The van der Waals surface area contributed by atoms with Crippen LogP contribution >= 0.6 is 0 Å². The molecule has 0 bridgehead atoms. The number of benzene rings is 2. The third kappa shape index (κ3) is 4.06. The molecule has 0 saturated heterocycles. The summed E-state index contributed by atoms with van der Waals surface area (Å²) in [5, 5.41) is 2.93. The first-order chi connectivity index (χ1) is 12.8. The molecule has 27 heavy (non-hydrogen) atoms. The van der Waals surface area contributed by atoms with Gasteiger partial charge in [-0.15, -0.1) is 0 Å². The van der Waals surface area contributed by atoms with Crippen LogP contribution < -0.4 is 10.4 Å². The first kappa shape index (κ1) is 19.6. The minimum atomic E-state index is -1.65. The first-order valence-corrected chi connectivity index (χ1v) is 13.0. The van der Waals surface area contributed by atoms with E-state index in [1.807, 2.05) is 0 Å². The molecule has 0 aliphatic heterocycles. The largest absolute Gasteiger partial charge is 0.256 e. The van der Waals surface area contributed by atoms with Gasteiger partial charge in [0.25, 0.3) is 0 Å². The van der Waals surface area contributed by atoms with Gasteiger partial charge in [0.05, 0.1) is 5.69 Å². The molecule has 1 heterocycles. The van der Waals surface area contributed by atoms with Crippen molar-refractivity contribution in [1.29, 1.82) is 0 Å². The van der Waals surface area contributed by atoms with Gasteiger partial charge in [0.2, 0.25) is 0 Å². The standard InChI is InChI=1S/C25H31NSi/c1-18(2)23-16-25(26-17-24(23)19(3)4)20-12-14-22(15-13-20)27(5,6)21-10-8-7-9-11-21/h7-19H,1-6H3. The summed E-state index contributed by atoms with van der Waals surface area (Å²) in [5.74, 6) is 1.01. The summed E-state index contributed by atoms with van der Waals surface area (Å²) in [4.78, 5) is 4.77. The molecule has 140 valence electrons. The normalized spacial score (nSPS) is 12.0. The van der Waals surface area contributed by atoms with Crippen molar-refractivity contribution >= 4 is 18.4 Å². The number of nitrogens with zero attached hydrogens (tertiary/aromatic N) is 1. The Morgan fingerprint density at radius 3 is 1.81 bits per heavy atom. The van der Waals surface area contributed by atoms with E-state index in [2.05, 4.69) is 108 Å². The predicted molar refractivity (Wildman–Crippen MR) is 121 cm³/mol. The molecule has 2 heteroatoms. The minimum absolute atomic E-state index is 0.504. The minimum Gasteiger partial charge on any atom is -0.256 e. The zero-order valence-corrected chi connectivity index (χ0v) is 18.5. The molecule has 0 spiro atoms. The molecule has 0 aliphatic rings. The van der Waals surface area contributed by atoms with Crippen LogP contribution in [0.3, 0.4) is 0 Å². The zero-order valence-electron chi connectivity index (χ0n) is 17.5. The lowest BCUT2D eigenvalue weighted by Crippen LogP contribution is -2.52. The third-order valence-electron chi connectivity index (χ3n) is 5.61. The summed E-state index contributed by atoms with van der Waals surface area (Å²) in [6.45, 7) is 13.9. The van der Waals surface area contributed by atoms with Crippen LogP contribution in [-0.4, -0.2) is 13.1 Å². The average molecular weight is 374 g/mol. The van der Waals surface area contributed by atoms with Crippen LogP contribution in [0.2, 0.25) is 13.1 Å². The molecular formula is C25H31NSi. The van der Waals surface area contributed by atoms with Crippen molar-refractivity contribution < 1.29 is 0 Å². The van der Waals surface area contributed by atoms with E-state index in [9.17, 15) is 0 Å². The Hall–Kier alpha value is -2.19. The molecule has 1 nitrogen and oxygen atoms in total. The van der Waals surface area contributed by atoms with E-state index in [4.69, 9.17) is 4.98 Å².